The number of rotatable bonds is 3. The third-order valence-electron chi connectivity index (χ3n) is 7.71. The van der Waals surface area contributed by atoms with E-state index in [9.17, 15) is 19.8 Å². The second kappa shape index (κ2) is 2.32. The molecule has 4 unspecified atom stereocenters. The quantitative estimate of drug-likeness (QED) is 0.714. The molecule has 5 saturated carbocycles. The van der Waals surface area contributed by atoms with Gasteiger partial charge in [-0.3, -0.25) is 9.59 Å². The van der Waals surface area contributed by atoms with Gasteiger partial charge in [-0.15, -0.1) is 0 Å². The average Bonchev–Trinajstić information content (AvgIpc) is 2.87. The van der Waals surface area contributed by atoms with E-state index in [0.29, 0.717) is 23.7 Å². The fourth-order valence-corrected chi connectivity index (χ4v) is 8.03. The third-order valence-corrected chi connectivity index (χ3v) is 7.71. The lowest BCUT2D eigenvalue weighted by Crippen LogP contribution is -2.56. The molecule has 7 aliphatic rings. The topological polar surface area (TPSA) is 83.8 Å². The van der Waals surface area contributed by atoms with Crippen LogP contribution in [0, 0.1) is 53.3 Å². The highest BCUT2D eigenvalue weighted by atomic mass is 16.5. The first-order valence-corrected chi connectivity index (χ1v) is 7.22. The summed E-state index contributed by atoms with van der Waals surface area (Å²) in [5, 5.41) is 18.8. The number of hydrogen-bond acceptors (Lipinski definition) is 3. The van der Waals surface area contributed by atoms with Crippen molar-refractivity contribution in [2.24, 2.45) is 53.3 Å². The van der Waals surface area contributed by atoms with Crippen molar-refractivity contribution in [1.29, 1.82) is 0 Å². The summed E-state index contributed by atoms with van der Waals surface area (Å²) in [4.78, 5) is 23.1. The van der Waals surface area contributed by atoms with Gasteiger partial charge in [-0.1, -0.05) is 0 Å². The van der Waals surface area contributed by atoms with E-state index >= 15 is 0 Å². The zero-order valence-electron chi connectivity index (χ0n) is 10.1. The highest BCUT2D eigenvalue weighted by Gasteiger charge is 2.94. The molecule has 5 nitrogen and oxygen atoms in total. The summed E-state index contributed by atoms with van der Waals surface area (Å²) in [7, 11) is 0. The van der Waals surface area contributed by atoms with Crippen LogP contribution in [0.15, 0.2) is 0 Å². The van der Waals surface area contributed by atoms with E-state index in [4.69, 9.17) is 4.74 Å². The van der Waals surface area contributed by atoms with Gasteiger partial charge in [0.15, 0.2) is 5.92 Å². The molecule has 7 fully saturated rings. The van der Waals surface area contributed by atoms with Gasteiger partial charge in [-0.2, -0.15) is 0 Å². The number of carboxylic acid groups (broad SMARTS) is 2. The van der Waals surface area contributed by atoms with E-state index in [0.717, 1.165) is 11.8 Å². The number of aliphatic carboxylic acids is 2. The van der Waals surface area contributed by atoms with E-state index < -0.39 is 23.5 Å². The molecule has 2 aliphatic heterocycles. The van der Waals surface area contributed by atoms with Crippen molar-refractivity contribution in [3.63, 3.8) is 0 Å². The summed E-state index contributed by atoms with van der Waals surface area (Å²) < 4.78 is 6.18. The molecule has 0 radical (unpaired) electrons. The van der Waals surface area contributed by atoms with Gasteiger partial charge in [0.05, 0.1) is 11.7 Å². The molecule has 0 spiro atoms. The molecule has 7 rings (SSSR count). The Bertz CT molecular complexity index is 548. The lowest BCUT2D eigenvalue weighted by Gasteiger charge is -2.46. The van der Waals surface area contributed by atoms with Gasteiger partial charge in [-0.05, 0) is 53.8 Å². The van der Waals surface area contributed by atoms with Crippen molar-refractivity contribution in [1.82, 2.24) is 0 Å². The van der Waals surface area contributed by atoms with Gasteiger partial charge < -0.3 is 14.9 Å². The van der Waals surface area contributed by atoms with Crippen LogP contribution in [0.3, 0.4) is 0 Å². The smallest absolute Gasteiger partial charge is 0.320 e. The number of ether oxygens (including phenoxy) is 1. The van der Waals surface area contributed by atoms with Crippen molar-refractivity contribution in [3.8, 4) is 0 Å². The maximum Gasteiger partial charge on any atom is 0.320 e. The molecular formula is C14H14O5. The van der Waals surface area contributed by atoms with Crippen molar-refractivity contribution in [2.75, 3.05) is 0 Å². The molecule has 0 amide bonds. The Labute approximate surface area is 108 Å². The molecule has 0 aromatic rings. The molecule has 100 valence electrons. The van der Waals surface area contributed by atoms with E-state index in [1.54, 1.807) is 0 Å². The molecule has 2 saturated heterocycles. The van der Waals surface area contributed by atoms with Crippen molar-refractivity contribution < 1.29 is 24.5 Å². The third kappa shape index (κ3) is 0.618. The Morgan fingerprint density at radius 2 is 1.74 bits per heavy atom. The average molecular weight is 262 g/mol. The lowest BCUT2D eigenvalue weighted by molar-refractivity contribution is -0.173. The van der Waals surface area contributed by atoms with Crippen molar-refractivity contribution >= 4 is 11.9 Å². The van der Waals surface area contributed by atoms with Crippen LogP contribution in [0.4, 0.5) is 0 Å². The van der Waals surface area contributed by atoms with Crippen LogP contribution in [0.25, 0.3) is 0 Å². The fourth-order valence-electron chi connectivity index (χ4n) is 8.03. The summed E-state index contributed by atoms with van der Waals surface area (Å²) >= 11 is 0. The van der Waals surface area contributed by atoms with Gasteiger partial charge in [0.1, 0.15) is 0 Å². The summed E-state index contributed by atoms with van der Waals surface area (Å²) in [5.74, 6) is 0.281. The van der Waals surface area contributed by atoms with Gasteiger partial charge in [0.2, 0.25) is 0 Å². The molecule has 4 bridgehead atoms. The second-order valence-corrected chi connectivity index (χ2v) is 7.47. The van der Waals surface area contributed by atoms with Crippen LogP contribution in [0.1, 0.15) is 6.42 Å². The summed E-state index contributed by atoms with van der Waals surface area (Å²) in [5.41, 5.74) is -0.852. The fraction of sp³-hybridized carbons (Fsp3) is 0.857. The maximum atomic E-state index is 11.5. The molecule has 5 aliphatic carbocycles. The predicted octanol–water partition coefficient (Wildman–Crippen LogP) is 0.297. The van der Waals surface area contributed by atoms with Crippen LogP contribution in [-0.2, 0) is 14.3 Å². The summed E-state index contributed by atoms with van der Waals surface area (Å²) in [6.45, 7) is 0. The van der Waals surface area contributed by atoms with E-state index in [2.05, 4.69) is 0 Å². The number of carboxylic acids is 2. The van der Waals surface area contributed by atoms with E-state index in [-0.39, 0.29) is 17.9 Å². The minimum atomic E-state index is -1.36. The highest BCUT2D eigenvalue weighted by Crippen LogP contribution is 2.91. The number of hydrogen-bond donors (Lipinski definition) is 2. The Balaban J connectivity index is 1.60. The molecule has 5 heteroatoms. The normalized spacial score (nSPS) is 67.5. The largest absolute Gasteiger partial charge is 0.481 e. The Morgan fingerprint density at radius 1 is 1.00 bits per heavy atom. The van der Waals surface area contributed by atoms with E-state index in [1.807, 2.05) is 0 Å². The first-order chi connectivity index (χ1) is 9.09. The molecular weight excluding hydrogens is 248 g/mol. The molecule has 2 heterocycles. The Kier molecular flexibility index (Phi) is 1.19. The SMILES string of the molecule is O=C(O)C(C(=O)O)[C@@]12O[C@H]3[C@H]4C1C1C[C@H]4[C@H]4C1C2[C@@H]34. The Hall–Kier alpha value is -1.10. The standard InChI is InChI=1S/C14H14O5/c15-12(16)10(13(17)18)14-8-3-1-2-4-5(3)9(14)7(4)11(19-14)6(2)8/h2-11H,1H2,(H,15,16)(H,17,18)/t2-,3?,4-,5?,6+,7-,8?,9?,11-,14+/m0/s1. The van der Waals surface area contributed by atoms with Crippen LogP contribution in [0.2, 0.25) is 0 Å². The van der Waals surface area contributed by atoms with Gasteiger partial charge >= 0.3 is 11.9 Å². The van der Waals surface area contributed by atoms with Crippen molar-refractivity contribution in [2.45, 2.75) is 18.1 Å². The molecule has 19 heavy (non-hydrogen) atoms. The summed E-state index contributed by atoms with van der Waals surface area (Å²) in [6, 6.07) is 0. The van der Waals surface area contributed by atoms with E-state index in [1.165, 1.54) is 6.42 Å². The molecule has 0 aromatic heterocycles. The maximum absolute atomic E-state index is 11.5. The van der Waals surface area contributed by atoms with Gasteiger partial charge in [0, 0.05) is 0 Å². The Morgan fingerprint density at radius 3 is 2.42 bits per heavy atom. The van der Waals surface area contributed by atoms with Crippen LogP contribution < -0.4 is 0 Å². The number of carbonyl (C=O) groups is 2. The monoisotopic (exact) mass is 262 g/mol. The van der Waals surface area contributed by atoms with Gasteiger partial charge in [0.25, 0.3) is 0 Å². The van der Waals surface area contributed by atoms with Crippen LogP contribution in [0.5, 0.6) is 0 Å². The highest BCUT2D eigenvalue weighted by molar-refractivity contribution is 5.95. The van der Waals surface area contributed by atoms with Crippen molar-refractivity contribution in [3.05, 3.63) is 0 Å². The zero-order valence-corrected chi connectivity index (χ0v) is 10.1. The first-order valence-electron chi connectivity index (χ1n) is 7.22. The van der Waals surface area contributed by atoms with Crippen LogP contribution >= 0.6 is 0 Å². The van der Waals surface area contributed by atoms with Crippen LogP contribution in [-0.4, -0.2) is 33.9 Å². The first kappa shape index (κ1) is 9.75. The zero-order chi connectivity index (χ0) is 12.8. The second-order valence-electron chi connectivity index (χ2n) is 7.47. The molecule has 0 aromatic carbocycles. The molecule has 10 atom stereocenters. The predicted molar refractivity (Wildman–Crippen MR) is 58.9 cm³/mol. The minimum absolute atomic E-state index is 0.190. The lowest BCUT2D eigenvalue weighted by atomic mass is 9.55. The summed E-state index contributed by atoms with van der Waals surface area (Å²) in [6.07, 6.45) is 1.40. The minimum Gasteiger partial charge on any atom is -0.481 e. The molecule has 2 N–H and O–H groups in total. The van der Waals surface area contributed by atoms with Gasteiger partial charge in [-0.25, -0.2) is 0 Å².